The highest BCUT2D eigenvalue weighted by molar-refractivity contribution is 5.85. The molecule has 158 valence electrons. The number of hydrogen-bond donors (Lipinski definition) is 1. The van der Waals surface area contributed by atoms with Crippen molar-refractivity contribution in [3.63, 3.8) is 0 Å². The smallest absolute Gasteiger partial charge is 0.226 e. The number of para-hydroxylation sites is 1. The van der Waals surface area contributed by atoms with Crippen LogP contribution in [0.1, 0.15) is 28.8 Å². The minimum absolute atomic E-state index is 0.288. The molecule has 0 saturated carbocycles. The van der Waals surface area contributed by atoms with Crippen molar-refractivity contribution in [1.82, 2.24) is 14.8 Å². The van der Waals surface area contributed by atoms with E-state index in [4.69, 9.17) is 9.47 Å². The molecule has 1 aromatic heterocycles. The maximum atomic E-state index is 13.7. The summed E-state index contributed by atoms with van der Waals surface area (Å²) in [5.41, 5.74) is 4.69. The first-order valence-corrected chi connectivity index (χ1v) is 10.3. The number of benzene rings is 3. The molecule has 0 saturated heterocycles. The lowest BCUT2D eigenvalue weighted by Crippen LogP contribution is -2.32. The van der Waals surface area contributed by atoms with Gasteiger partial charge in [-0.05, 0) is 47.5 Å². The summed E-state index contributed by atoms with van der Waals surface area (Å²) in [6, 6.07) is 21.9. The molecule has 3 heterocycles. The summed E-state index contributed by atoms with van der Waals surface area (Å²) in [6.07, 6.45) is 1.09. The third kappa shape index (κ3) is 2.85. The fourth-order valence-electron chi connectivity index (χ4n) is 4.46. The molecule has 32 heavy (non-hydrogen) atoms. The number of halogens is 1. The van der Waals surface area contributed by atoms with Gasteiger partial charge in [0.1, 0.15) is 35.8 Å². The van der Waals surface area contributed by atoms with Gasteiger partial charge in [0.2, 0.25) is 5.95 Å². The lowest BCUT2D eigenvalue weighted by Gasteiger charge is -2.39. The van der Waals surface area contributed by atoms with Crippen molar-refractivity contribution in [2.75, 3.05) is 12.4 Å². The Kier molecular flexibility index (Phi) is 4.21. The van der Waals surface area contributed by atoms with E-state index in [1.54, 1.807) is 19.2 Å². The monoisotopic (exact) mass is 426 g/mol. The fourth-order valence-corrected chi connectivity index (χ4v) is 4.46. The second-order valence-electron chi connectivity index (χ2n) is 7.71. The average Bonchev–Trinajstić information content (AvgIpc) is 3.31. The minimum atomic E-state index is -0.443. The van der Waals surface area contributed by atoms with E-state index in [0.717, 1.165) is 39.5 Å². The fraction of sp³-hybridized carbons (Fsp3) is 0.120. The van der Waals surface area contributed by atoms with Crippen molar-refractivity contribution in [3.8, 4) is 11.5 Å². The van der Waals surface area contributed by atoms with Gasteiger partial charge in [0, 0.05) is 11.1 Å². The normalized spacial score (nSPS) is 18.7. The third-order valence-corrected chi connectivity index (χ3v) is 5.90. The molecule has 3 aromatic carbocycles. The maximum Gasteiger partial charge on any atom is 0.226 e. The molecule has 0 aliphatic carbocycles. The van der Waals surface area contributed by atoms with Crippen molar-refractivity contribution >= 4 is 11.6 Å². The quantitative estimate of drug-likeness (QED) is 0.500. The van der Waals surface area contributed by atoms with Crippen molar-refractivity contribution < 1.29 is 13.9 Å². The van der Waals surface area contributed by atoms with Crippen LogP contribution in [0, 0.1) is 5.82 Å². The zero-order chi connectivity index (χ0) is 21.7. The zero-order valence-electron chi connectivity index (χ0n) is 17.2. The second kappa shape index (κ2) is 7.23. The van der Waals surface area contributed by atoms with Gasteiger partial charge >= 0.3 is 0 Å². The van der Waals surface area contributed by atoms with Crippen LogP contribution in [0.25, 0.3) is 5.70 Å². The van der Waals surface area contributed by atoms with Crippen LogP contribution in [0.5, 0.6) is 11.5 Å². The number of fused-ring (bicyclic) bond motifs is 3. The van der Waals surface area contributed by atoms with E-state index in [2.05, 4.69) is 15.4 Å². The summed E-state index contributed by atoms with van der Waals surface area (Å²) in [4.78, 5) is 4.43. The van der Waals surface area contributed by atoms with Crippen LogP contribution < -0.4 is 14.8 Å². The van der Waals surface area contributed by atoms with Crippen LogP contribution in [-0.2, 0) is 0 Å². The van der Waals surface area contributed by atoms with E-state index < -0.39 is 6.10 Å². The number of aromatic nitrogens is 3. The molecule has 7 heteroatoms. The summed E-state index contributed by atoms with van der Waals surface area (Å²) in [7, 11) is 1.65. The van der Waals surface area contributed by atoms with Crippen molar-refractivity contribution in [1.29, 1.82) is 0 Å². The zero-order valence-corrected chi connectivity index (χ0v) is 17.2. The Morgan fingerprint density at radius 2 is 1.84 bits per heavy atom. The van der Waals surface area contributed by atoms with Gasteiger partial charge in [-0.25, -0.2) is 9.07 Å². The van der Waals surface area contributed by atoms with E-state index >= 15 is 0 Å². The highest BCUT2D eigenvalue weighted by Crippen LogP contribution is 2.50. The molecule has 2 atom stereocenters. The molecule has 0 unspecified atom stereocenters. The van der Waals surface area contributed by atoms with Crippen LogP contribution >= 0.6 is 0 Å². The van der Waals surface area contributed by atoms with E-state index in [0.29, 0.717) is 5.95 Å². The Labute approximate surface area is 183 Å². The van der Waals surface area contributed by atoms with E-state index in [1.165, 1.54) is 18.5 Å². The number of methoxy groups -OCH3 is 1. The molecule has 1 N–H and O–H groups in total. The lowest BCUT2D eigenvalue weighted by atomic mass is 9.84. The molecule has 0 fully saturated rings. The number of nitrogens with zero attached hydrogens (tertiary/aromatic N) is 3. The Balaban J connectivity index is 1.62. The average molecular weight is 426 g/mol. The van der Waals surface area contributed by atoms with Crippen LogP contribution in [0.2, 0.25) is 0 Å². The van der Waals surface area contributed by atoms with Crippen molar-refractivity contribution in [2.24, 2.45) is 0 Å². The second-order valence-corrected chi connectivity index (χ2v) is 7.71. The lowest BCUT2D eigenvalue weighted by molar-refractivity contribution is 0.223. The van der Waals surface area contributed by atoms with Gasteiger partial charge in [-0.1, -0.05) is 36.4 Å². The highest BCUT2D eigenvalue weighted by Gasteiger charge is 2.40. The molecule has 0 radical (unpaired) electrons. The van der Waals surface area contributed by atoms with Gasteiger partial charge in [-0.15, -0.1) is 0 Å². The molecule has 2 aliphatic heterocycles. The molecular formula is C25H19FN4O2. The minimum Gasteiger partial charge on any atom is -0.497 e. The van der Waals surface area contributed by atoms with Crippen molar-refractivity contribution in [2.45, 2.75) is 12.1 Å². The highest BCUT2D eigenvalue weighted by atomic mass is 19.1. The summed E-state index contributed by atoms with van der Waals surface area (Å²) in [5, 5.41) is 7.97. The number of nitrogens with one attached hydrogen (secondary N) is 1. The Hall–Kier alpha value is -4.13. The number of hydrogen-bond acceptors (Lipinski definition) is 5. The van der Waals surface area contributed by atoms with Crippen LogP contribution in [0.15, 0.2) is 84.7 Å². The molecule has 0 spiro atoms. The standard InChI is InChI=1S/C25H19FN4O2/c1-31-18-6-4-5-16(13-18)23-21-22(29-25-27-14-28-30(23)25)19-7-2-3-8-20(19)32-24(21)15-9-11-17(26)12-10-15/h2-14,23-24H,1H3,(H,27,28,29)/t23-,24-/m0/s1. The number of ether oxygens (including phenoxy) is 2. The first-order valence-electron chi connectivity index (χ1n) is 10.3. The van der Waals surface area contributed by atoms with Crippen LogP contribution in [0.3, 0.4) is 0 Å². The molecule has 6 nitrogen and oxygen atoms in total. The van der Waals surface area contributed by atoms with Gasteiger partial charge in [-0.2, -0.15) is 10.1 Å². The number of rotatable bonds is 3. The van der Waals surface area contributed by atoms with E-state index in [1.807, 2.05) is 53.2 Å². The maximum absolute atomic E-state index is 13.7. The Morgan fingerprint density at radius 1 is 1.00 bits per heavy atom. The van der Waals surface area contributed by atoms with Crippen LogP contribution in [-0.4, -0.2) is 21.9 Å². The SMILES string of the molecule is COc1cccc([C@H]2C3=C(Nc4ncnn42)c2ccccc2O[C@H]3c2ccc(F)cc2)c1. The first kappa shape index (κ1) is 18.6. The summed E-state index contributed by atoms with van der Waals surface area (Å²) < 4.78 is 27.5. The Bertz CT molecular complexity index is 1350. The van der Waals surface area contributed by atoms with Gasteiger partial charge in [0.05, 0.1) is 12.8 Å². The molecule has 4 aromatic rings. The molecule has 0 amide bonds. The van der Waals surface area contributed by atoms with Gasteiger partial charge in [0.25, 0.3) is 0 Å². The van der Waals surface area contributed by atoms with E-state index in [-0.39, 0.29) is 11.9 Å². The predicted octanol–water partition coefficient (Wildman–Crippen LogP) is 4.99. The molecule has 2 aliphatic rings. The summed E-state index contributed by atoms with van der Waals surface area (Å²) >= 11 is 0. The summed E-state index contributed by atoms with van der Waals surface area (Å²) in [5.74, 6) is 1.86. The van der Waals surface area contributed by atoms with Crippen LogP contribution in [0.4, 0.5) is 10.3 Å². The van der Waals surface area contributed by atoms with Crippen molar-refractivity contribution in [3.05, 3.63) is 107 Å². The topological polar surface area (TPSA) is 61.2 Å². The van der Waals surface area contributed by atoms with Gasteiger partial charge in [0.15, 0.2) is 0 Å². The largest absolute Gasteiger partial charge is 0.497 e. The Morgan fingerprint density at radius 3 is 2.69 bits per heavy atom. The van der Waals surface area contributed by atoms with E-state index in [9.17, 15) is 4.39 Å². The molecular weight excluding hydrogens is 407 g/mol. The summed E-state index contributed by atoms with van der Waals surface area (Å²) in [6.45, 7) is 0. The predicted molar refractivity (Wildman–Crippen MR) is 118 cm³/mol. The van der Waals surface area contributed by atoms with Gasteiger partial charge < -0.3 is 14.8 Å². The van der Waals surface area contributed by atoms with Gasteiger partial charge in [-0.3, -0.25) is 0 Å². The number of anilines is 1. The molecule has 6 rings (SSSR count). The third-order valence-electron chi connectivity index (χ3n) is 5.90. The molecule has 0 bridgehead atoms. The first-order chi connectivity index (χ1) is 15.7.